The average molecular weight is 595 g/mol. The summed E-state index contributed by atoms with van der Waals surface area (Å²) in [4.78, 5) is 53.1. The summed E-state index contributed by atoms with van der Waals surface area (Å²) < 4.78 is 24.3. The monoisotopic (exact) mass is 594 g/mol. The Morgan fingerprint density at radius 2 is 1.63 bits per heavy atom. The lowest BCUT2D eigenvalue weighted by Crippen LogP contribution is -2.43. The van der Waals surface area contributed by atoms with Crippen LogP contribution in [-0.4, -0.2) is 64.4 Å². The van der Waals surface area contributed by atoms with Gasteiger partial charge in [0.05, 0.1) is 11.5 Å². The van der Waals surface area contributed by atoms with Gasteiger partial charge in [0.15, 0.2) is 17.0 Å². The summed E-state index contributed by atoms with van der Waals surface area (Å²) in [6, 6.07) is 8.52. The van der Waals surface area contributed by atoms with Crippen molar-refractivity contribution in [2.24, 2.45) is 29.1 Å². The van der Waals surface area contributed by atoms with E-state index in [9.17, 15) is 24.3 Å². The molecule has 5 rings (SSSR count). The number of benzene rings is 1. The Bertz CT molecular complexity index is 1390. The van der Waals surface area contributed by atoms with Crippen LogP contribution in [0.5, 0.6) is 0 Å². The van der Waals surface area contributed by atoms with Gasteiger partial charge in [0, 0.05) is 24.3 Å². The number of fused-ring (bicyclic) bond motifs is 1. The fourth-order valence-electron chi connectivity index (χ4n) is 7.79. The highest BCUT2D eigenvalue weighted by Crippen LogP contribution is 2.68. The molecule has 1 N–H and O–H groups in total. The van der Waals surface area contributed by atoms with Gasteiger partial charge in [-0.25, -0.2) is 9.59 Å². The molecule has 0 radical (unpaired) electrons. The van der Waals surface area contributed by atoms with Crippen LogP contribution in [0.4, 0.5) is 0 Å². The predicted molar refractivity (Wildman–Crippen MR) is 156 cm³/mol. The van der Waals surface area contributed by atoms with Crippen LogP contribution in [0.1, 0.15) is 72.2 Å². The van der Waals surface area contributed by atoms with Gasteiger partial charge in [-0.15, -0.1) is 0 Å². The minimum Gasteiger partial charge on any atom is -0.461 e. The molecule has 1 aromatic carbocycles. The van der Waals surface area contributed by atoms with Crippen LogP contribution in [-0.2, 0) is 33.3 Å². The fourth-order valence-corrected chi connectivity index (χ4v) is 7.79. The molecule has 232 valence electrons. The molecule has 10 atom stereocenters. The van der Waals surface area contributed by atoms with Gasteiger partial charge in [0.1, 0.15) is 24.4 Å². The number of rotatable bonds is 5. The number of aliphatic hydroxyl groups is 1. The minimum atomic E-state index is -1.33. The van der Waals surface area contributed by atoms with Crippen molar-refractivity contribution in [2.75, 3.05) is 0 Å². The molecule has 0 unspecified atom stereocenters. The van der Waals surface area contributed by atoms with E-state index in [1.807, 2.05) is 20.8 Å². The van der Waals surface area contributed by atoms with E-state index < -0.39 is 70.8 Å². The largest absolute Gasteiger partial charge is 0.461 e. The first-order chi connectivity index (χ1) is 20.1. The second kappa shape index (κ2) is 10.7. The molecule has 4 aliphatic rings. The van der Waals surface area contributed by atoms with E-state index in [4.69, 9.17) is 18.9 Å². The van der Waals surface area contributed by atoms with Crippen LogP contribution < -0.4 is 0 Å². The molecule has 0 bridgehead atoms. The quantitative estimate of drug-likeness (QED) is 0.174. The molecule has 2 saturated carbocycles. The number of hydrogen-bond acceptors (Lipinski definition) is 9. The number of allylic oxidation sites excluding steroid dienone is 1. The number of ketones is 1. The Morgan fingerprint density at radius 3 is 2.23 bits per heavy atom. The van der Waals surface area contributed by atoms with Crippen LogP contribution in [0, 0.1) is 29.1 Å². The van der Waals surface area contributed by atoms with Crippen molar-refractivity contribution < 1.29 is 43.2 Å². The summed E-state index contributed by atoms with van der Waals surface area (Å²) in [5.74, 6) is -3.74. The lowest BCUT2D eigenvalue weighted by molar-refractivity contribution is -0.154. The molecule has 0 spiro atoms. The van der Waals surface area contributed by atoms with Crippen LogP contribution in [0.25, 0.3) is 0 Å². The van der Waals surface area contributed by atoms with Crippen LogP contribution >= 0.6 is 0 Å². The molecular formula is C34H42O9. The number of carbonyl (C=O) groups is 4. The number of ether oxygens (including phenoxy) is 4. The van der Waals surface area contributed by atoms with Crippen molar-refractivity contribution in [3.8, 4) is 0 Å². The third-order valence-corrected chi connectivity index (χ3v) is 10.3. The molecular weight excluding hydrogens is 552 g/mol. The van der Waals surface area contributed by atoms with Gasteiger partial charge in [-0.3, -0.25) is 9.59 Å². The lowest BCUT2D eigenvalue weighted by Gasteiger charge is -2.28. The molecule has 1 heterocycles. The molecule has 9 nitrogen and oxygen atoms in total. The molecule has 0 aromatic heterocycles. The number of Topliss-reactive ketones (excluding diaryl/α,β-unsaturated/α-hetero) is 1. The highest BCUT2D eigenvalue weighted by atomic mass is 16.7. The highest BCUT2D eigenvalue weighted by Gasteiger charge is 2.84. The van der Waals surface area contributed by atoms with Gasteiger partial charge in [-0.1, -0.05) is 52.0 Å². The zero-order valence-corrected chi connectivity index (χ0v) is 26.1. The number of esters is 3. The van der Waals surface area contributed by atoms with Gasteiger partial charge in [-0.2, -0.15) is 0 Å². The Hall–Kier alpha value is -3.30. The summed E-state index contributed by atoms with van der Waals surface area (Å²) in [5, 5.41) is 11.9. The topological polar surface area (TPSA) is 129 Å². The van der Waals surface area contributed by atoms with Crippen molar-refractivity contribution in [1.82, 2.24) is 0 Å². The molecule has 3 fully saturated rings. The van der Waals surface area contributed by atoms with Crippen molar-refractivity contribution in [1.29, 1.82) is 0 Å². The van der Waals surface area contributed by atoms with Gasteiger partial charge in [-0.05, 0) is 62.3 Å². The third kappa shape index (κ3) is 4.85. The first-order valence-electron chi connectivity index (χ1n) is 15.0. The molecule has 0 amide bonds. The van der Waals surface area contributed by atoms with Gasteiger partial charge in [0.25, 0.3) is 0 Å². The summed E-state index contributed by atoms with van der Waals surface area (Å²) in [6.45, 7) is 13.9. The number of aliphatic hydroxyl groups excluding tert-OH is 1. The molecule has 43 heavy (non-hydrogen) atoms. The maximum absolute atomic E-state index is 14.4. The summed E-state index contributed by atoms with van der Waals surface area (Å²) in [5.41, 5.74) is -2.01. The second-order valence-corrected chi connectivity index (χ2v) is 13.4. The van der Waals surface area contributed by atoms with Crippen molar-refractivity contribution >= 4 is 23.7 Å². The van der Waals surface area contributed by atoms with Crippen molar-refractivity contribution in [3.05, 3.63) is 59.2 Å². The van der Waals surface area contributed by atoms with E-state index in [2.05, 4.69) is 0 Å². The minimum absolute atomic E-state index is 0.244. The molecule has 1 saturated heterocycles. The summed E-state index contributed by atoms with van der Waals surface area (Å²) >= 11 is 0. The summed E-state index contributed by atoms with van der Waals surface area (Å²) in [7, 11) is 0. The zero-order valence-electron chi connectivity index (χ0n) is 26.1. The maximum Gasteiger partial charge on any atom is 0.338 e. The maximum atomic E-state index is 14.4. The van der Waals surface area contributed by atoms with E-state index in [-0.39, 0.29) is 17.6 Å². The summed E-state index contributed by atoms with van der Waals surface area (Å²) in [6.07, 6.45) is -0.320. The van der Waals surface area contributed by atoms with Crippen LogP contribution in [0.15, 0.2) is 53.6 Å². The zero-order chi connectivity index (χ0) is 31.6. The first-order valence-corrected chi connectivity index (χ1v) is 15.0. The Labute approximate surface area is 252 Å². The molecule has 9 heteroatoms. The average Bonchev–Trinajstić information content (AvgIpc) is 3.76. The van der Waals surface area contributed by atoms with Crippen LogP contribution in [0.3, 0.4) is 0 Å². The molecule has 1 aliphatic heterocycles. The Morgan fingerprint density at radius 1 is 1.00 bits per heavy atom. The van der Waals surface area contributed by atoms with Gasteiger partial charge >= 0.3 is 17.9 Å². The van der Waals surface area contributed by atoms with Crippen molar-refractivity contribution in [2.45, 2.75) is 97.4 Å². The Kier molecular flexibility index (Phi) is 7.75. The van der Waals surface area contributed by atoms with Gasteiger partial charge in [0.2, 0.25) is 0 Å². The molecule has 1 aromatic rings. The number of carbonyl (C=O) groups excluding carboxylic acids is 4. The highest BCUT2D eigenvalue weighted by molar-refractivity contribution is 5.96. The van der Waals surface area contributed by atoms with Crippen LogP contribution in [0.2, 0.25) is 0 Å². The van der Waals surface area contributed by atoms with Crippen molar-refractivity contribution in [3.63, 3.8) is 0 Å². The smallest absolute Gasteiger partial charge is 0.338 e. The second-order valence-electron chi connectivity index (χ2n) is 13.4. The standard InChI is InChI=1S/C34H42O9/c1-9-17(2)30(38)42-29-19(4)16-33-28(37)20(5)26(40-21(6)35)23-24(32(23,7)8)27(25(36)18(3)15-34(29,33)43-33)41-31(39)22-13-11-10-12-14-22/h9-15,19-20,23-27,29,36H,16H2,1-8H3/b17-9+,18-15+/t19-,20+,23-,24+,25+,26+,27-,29-,33-,34-/m0/s1. The molecule has 3 aliphatic carbocycles. The van der Waals surface area contributed by atoms with Gasteiger partial charge < -0.3 is 24.1 Å². The Balaban J connectivity index is 1.62. The number of epoxide rings is 1. The lowest BCUT2D eigenvalue weighted by atomic mass is 9.80. The first kappa shape index (κ1) is 31.1. The predicted octanol–water partition coefficient (Wildman–Crippen LogP) is 4.37. The van der Waals surface area contributed by atoms with E-state index in [1.54, 1.807) is 70.2 Å². The van der Waals surface area contributed by atoms with E-state index in [0.29, 0.717) is 23.1 Å². The number of hydrogen-bond donors (Lipinski definition) is 1. The van der Waals surface area contributed by atoms with E-state index >= 15 is 0 Å². The van der Waals surface area contributed by atoms with E-state index in [1.165, 1.54) is 6.92 Å². The normalized spacial score (nSPS) is 40.8. The third-order valence-electron chi connectivity index (χ3n) is 10.3. The fraction of sp³-hybridized carbons (Fsp3) is 0.588. The SMILES string of the molecule is C/C=C(\C)C(=O)O[C@H]1[C@@H](C)C[C@@]23O[C@@]12/C=C(\C)[C@@H](O)[C@@H](OC(=O)c1ccccc1)[C@H]1[C@@H]([C@H](OC(C)=O)[C@@H](C)C3=O)C1(C)C. The van der Waals surface area contributed by atoms with E-state index in [0.717, 1.165) is 0 Å².